The lowest BCUT2D eigenvalue weighted by molar-refractivity contribution is -0.132. The number of esters is 1. The molecule has 0 spiro atoms. The molecule has 0 N–H and O–H groups in total. The lowest BCUT2D eigenvalue weighted by Crippen LogP contribution is -2.03. The van der Waals surface area contributed by atoms with Gasteiger partial charge in [-0.1, -0.05) is 18.2 Å². The van der Waals surface area contributed by atoms with E-state index >= 15 is 0 Å². The molecule has 0 aliphatic carbocycles. The first-order valence-corrected chi connectivity index (χ1v) is 8.00. The van der Waals surface area contributed by atoms with Gasteiger partial charge in [0.2, 0.25) is 0 Å². The van der Waals surface area contributed by atoms with Gasteiger partial charge in [0.05, 0.1) is 10.4 Å². The maximum atomic E-state index is 11.3. The van der Waals surface area contributed by atoms with Crippen LogP contribution in [-0.2, 0) is 11.8 Å². The number of thioether (sulfide) groups is 1. The smallest absolute Gasteiger partial charge is 0.308 e. The van der Waals surface area contributed by atoms with Crippen LogP contribution in [0, 0.1) is 6.92 Å². The quantitative estimate of drug-likeness (QED) is 0.402. The molecule has 0 aliphatic rings. The number of hydrogen-bond donors (Lipinski definition) is 0. The Morgan fingerprint density at radius 1 is 1.29 bits per heavy atom. The number of ether oxygens (including phenoxy) is 1. The van der Waals surface area contributed by atoms with Crippen LogP contribution in [0.5, 0.6) is 5.75 Å². The molecule has 1 heterocycles. The number of benzene rings is 2. The van der Waals surface area contributed by atoms with Crippen LogP contribution in [-0.4, -0.2) is 16.8 Å². The zero-order valence-electron chi connectivity index (χ0n) is 12.6. The SMILES string of the molecule is CSc1c(OC(C)=O)cc(C)c2c3ccccc3n(C)c12. The molecule has 0 fully saturated rings. The highest BCUT2D eigenvalue weighted by molar-refractivity contribution is 7.99. The number of aromatic nitrogens is 1. The summed E-state index contributed by atoms with van der Waals surface area (Å²) in [5.41, 5.74) is 3.43. The van der Waals surface area contributed by atoms with Gasteiger partial charge in [-0.2, -0.15) is 0 Å². The van der Waals surface area contributed by atoms with Crippen LogP contribution in [0.15, 0.2) is 35.2 Å². The highest BCUT2D eigenvalue weighted by Crippen LogP contribution is 2.41. The number of aryl methyl sites for hydroxylation is 2. The van der Waals surface area contributed by atoms with Crippen molar-refractivity contribution in [3.63, 3.8) is 0 Å². The lowest BCUT2D eigenvalue weighted by atomic mass is 10.1. The minimum atomic E-state index is -0.289. The molecule has 3 aromatic rings. The van der Waals surface area contributed by atoms with Crippen LogP contribution in [0.2, 0.25) is 0 Å². The monoisotopic (exact) mass is 299 g/mol. The molecule has 0 unspecified atom stereocenters. The van der Waals surface area contributed by atoms with Gasteiger partial charge in [0, 0.05) is 30.3 Å². The Bertz CT molecular complexity index is 864. The van der Waals surface area contributed by atoms with E-state index < -0.39 is 0 Å². The number of nitrogens with zero attached hydrogens (tertiary/aromatic N) is 1. The second-order valence-corrected chi connectivity index (χ2v) is 5.93. The maximum absolute atomic E-state index is 11.3. The summed E-state index contributed by atoms with van der Waals surface area (Å²) < 4.78 is 7.58. The second-order valence-electron chi connectivity index (χ2n) is 5.12. The highest BCUT2D eigenvalue weighted by Gasteiger charge is 2.18. The summed E-state index contributed by atoms with van der Waals surface area (Å²) in [6, 6.07) is 10.3. The molecule has 0 radical (unpaired) electrons. The minimum absolute atomic E-state index is 0.289. The maximum Gasteiger partial charge on any atom is 0.308 e. The van der Waals surface area contributed by atoms with Crippen molar-refractivity contribution in [2.45, 2.75) is 18.7 Å². The van der Waals surface area contributed by atoms with Crippen molar-refractivity contribution in [2.75, 3.05) is 6.26 Å². The molecular formula is C17H17NO2S. The van der Waals surface area contributed by atoms with E-state index in [-0.39, 0.29) is 5.97 Å². The fraction of sp³-hybridized carbons (Fsp3) is 0.235. The lowest BCUT2D eigenvalue weighted by Gasteiger charge is -2.12. The molecule has 0 bridgehead atoms. The molecule has 0 amide bonds. The molecule has 0 aliphatic heterocycles. The number of carbonyl (C=O) groups is 1. The third kappa shape index (κ3) is 2.10. The fourth-order valence-corrected chi connectivity index (χ4v) is 3.67. The van der Waals surface area contributed by atoms with Crippen molar-refractivity contribution in [2.24, 2.45) is 7.05 Å². The Hall–Kier alpha value is -1.94. The Kier molecular flexibility index (Phi) is 3.41. The summed E-state index contributed by atoms with van der Waals surface area (Å²) in [5.74, 6) is 0.355. The van der Waals surface area contributed by atoms with Gasteiger partial charge in [-0.15, -0.1) is 11.8 Å². The molecule has 4 heteroatoms. The molecule has 108 valence electrons. The Labute approximate surface area is 127 Å². The zero-order chi connectivity index (χ0) is 15.1. The van der Waals surface area contributed by atoms with E-state index in [1.165, 1.54) is 23.2 Å². The van der Waals surface area contributed by atoms with Crippen LogP contribution in [0.3, 0.4) is 0 Å². The van der Waals surface area contributed by atoms with Gasteiger partial charge in [-0.25, -0.2) is 0 Å². The van der Waals surface area contributed by atoms with E-state index in [1.54, 1.807) is 11.8 Å². The first-order chi connectivity index (χ1) is 10.0. The van der Waals surface area contributed by atoms with Crippen LogP contribution >= 0.6 is 11.8 Å². The normalized spacial score (nSPS) is 11.2. The largest absolute Gasteiger partial charge is 0.425 e. The van der Waals surface area contributed by atoms with Crippen molar-refractivity contribution in [3.05, 3.63) is 35.9 Å². The predicted molar refractivity (Wildman–Crippen MR) is 88.3 cm³/mol. The Morgan fingerprint density at radius 3 is 2.67 bits per heavy atom. The van der Waals surface area contributed by atoms with Crippen molar-refractivity contribution < 1.29 is 9.53 Å². The molecule has 21 heavy (non-hydrogen) atoms. The Balaban J connectivity index is 2.49. The molecule has 2 aromatic carbocycles. The van der Waals surface area contributed by atoms with Crippen LogP contribution in [0.1, 0.15) is 12.5 Å². The number of para-hydroxylation sites is 1. The number of hydrogen-bond acceptors (Lipinski definition) is 3. The summed E-state index contributed by atoms with van der Waals surface area (Å²) in [4.78, 5) is 12.4. The minimum Gasteiger partial charge on any atom is -0.425 e. The summed E-state index contributed by atoms with van der Waals surface area (Å²) in [5, 5.41) is 2.46. The van der Waals surface area contributed by atoms with Gasteiger partial charge in [0.25, 0.3) is 0 Å². The average Bonchev–Trinajstić information content (AvgIpc) is 2.74. The van der Waals surface area contributed by atoms with Crippen molar-refractivity contribution in [1.29, 1.82) is 0 Å². The van der Waals surface area contributed by atoms with E-state index in [0.717, 1.165) is 16.0 Å². The van der Waals surface area contributed by atoms with Crippen molar-refractivity contribution in [1.82, 2.24) is 4.57 Å². The van der Waals surface area contributed by atoms with Gasteiger partial charge < -0.3 is 9.30 Å². The van der Waals surface area contributed by atoms with Gasteiger partial charge in [-0.3, -0.25) is 4.79 Å². The van der Waals surface area contributed by atoms with Crippen LogP contribution in [0.25, 0.3) is 21.8 Å². The molecule has 0 saturated carbocycles. The van der Waals surface area contributed by atoms with Crippen molar-refractivity contribution >= 4 is 39.5 Å². The van der Waals surface area contributed by atoms with E-state index in [9.17, 15) is 4.79 Å². The molecule has 1 aromatic heterocycles. The predicted octanol–water partition coefficient (Wildman–Crippen LogP) is 4.29. The first kappa shape index (κ1) is 14.0. The standard InChI is InChI=1S/C17H17NO2S/c1-10-9-14(20-11(2)19)17(21-4)16-15(10)12-7-5-6-8-13(12)18(16)3/h5-9H,1-4H3. The highest BCUT2D eigenvalue weighted by atomic mass is 32.2. The first-order valence-electron chi connectivity index (χ1n) is 6.77. The molecular weight excluding hydrogens is 282 g/mol. The number of fused-ring (bicyclic) bond motifs is 3. The molecule has 0 saturated heterocycles. The molecule has 0 atom stereocenters. The summed E-state index contributed by atoms with van der Waals surface area (Å²) in [6.45, 7) is 3.50. The van der Waals surface area contributed by atoms with Gasteiger partial charge >= 0.3 is 5.97 Å². The van der Waals surface area contributed by atoms with Gasteiger partial charge in [0.15, 0.2) is 0 Å². The van der Waals surface area contributed by atoms with E-state index in [1.807, 2.05) is 18.4 Å². The van der Waals surface area contributed by atoms with E-state index in [2.05, 4.69) is 36.7 Å². The fourth-order valence-electron chi connectivity index (χ4n) is 2.94. The summed E-state index contributed by atoms with van der Waals surface area (Å²) in [7, 11) is 2.06. The third-order valence-corrected chi connectivity index (χ3v) is 4.55. The van der Waals surface area contributed by atoms with Crippen LogP contribution < -0.4 is 4.74 Å². The average molecular weight is 299 g/mol. The second kappa shape index (κ2) is 5.11. The third-order valence-electron chi connectivity index (χ3n) is 3.75. The Morgan fingerprint density at radius 2 is 2.00 bits per heavy atom. The molecule has 3 rings (SSSR count). The zero-order valence-corrected chi connectivity index (χ0v) is 13.4. The number of rotatable bonds is 2. The van der Waals surface area contributed by atoms with E-state index in [0.29, 0.717) is 5.75 Å². The molecule has 3 nitrogen and oxygen atoms in total. The summed E-state index contributed by atoms with van der Waals surface area (Å²) in [6.07, 6.45) is 2.01. The topological polar surface area (TPSA) is 31.2 Å². The number of carbonyl (C=O) groups excluding carboxylic acids is 1. The van der Waals surface area contributed by atoms with Crippen LogP contribution in [0.4, 0.5) is 0 Å². The van der Waals surface area contributed by atoms with E-state index in [4.69, 9.17) is 4.74 Å². The van der Waals surface area contributed by atoms with Crippen molar-refractivity contribution in [3.8, 4) is 5.75 Å². The summed E-state index contributed by atoms with van der Waals surface area (Å²) >= 11 is 1.61. The van der Waals surface area contributed by atoms with Gasteiger partial charge in [-0.05, 0) is 30.9 Å². The van der Waals surface area contributed by atoms with Gasteiger partial charge in [0.1, 0.15) is 5.75 Å².